The van der Waals surface area contributed by atoms with Gasteiger partial charge in [-0.05, 0) is 53.9 Å². The summed E-state index contributed by atoms with van der Waals surface area (Å²) in [6, 6.07) is 5.72. The van der Waals surface area contributed by atoms with Gasteiger partial charge in [-0.15, -0.1) is 0 Å². The summed E-state index contributed by atoms with van der Waals surface area (Å²) in [7, 11) is 0. The number of carbonyl (C=O) groups excluding carboxylic acids is 1. The second-order valence-corrected chi connectivity index (χ2v) is 7.66. The van der Waals surface area contributed by atoms with Crippen LogP contribution >= 0.6 is 0 Å². The van der Waals surface area contributed by atoms with Crippen LogP contribution in [0.5, 0.6) is 0 Å². The summed E-state index contributed by atoms with van der Waals surface area (Å²) in [5.41, 5.74) is 0.594. The third-order valence-corrected chi connectivity index (χ3v) is 5.17. The van der Waals surface area contributed by atoms with Crippen LogP contribution in [0.15, 0.2) is 24.3 Å². The van der Waals surface area contributed by atoms with Gasteiger partial charge >= 0.3 is 0 Å². The molecule has 0 radical (unpaired) electrons. The van der Waals surface area contributed by atoms with Crippen molar-refractivity contribution in [1.82, 2.24) is 5.32 Å². The van der Waals surface area contributed by atoms with Crippen LogP contribution in [0.25, 0.3) is 0 Å². The molecule has 1 rings (SSSR count). The van der Waals surface area contributed by atoms with Crippen molar-refractivity contribution in [3.63, 3.8) is 0 Å². The van der Waals surface area contributed by atoms with Gasteiger partial charge in [-0.3, -0.25) is 4.79 Å². The second kappa shape index (κ2) is 8.47. The number of amides is 1. The van der Waals surface area contributed by atoms with Crippen LogP contribution in [0.1, 0.15) is 64.7 Å². The van der Waals surface area contributed by atoms with E-state index in [4.69, 9.17) is 0 Å². The molecule has 2 nitrogen and oxygen atoms in total. The molecule has 0 spiro atoms. The molecular formula is C20H32FNO. The zero-order valence-corrected chi connectivity index (χ0v) is 15.4. The monoisotopic (exact) mass is 321 g/mol. The zero-order valence-electron chi connectivity index (χ0n) is 15.4. The smallest absolute Gasteiger partial charge is 0.251 e. The summed E-state index contributed by atoms with van der Waals surface area (Å²) in [5.74, 6) is 1.17. The molecule has 0 heterocycles. The standard InChI is InChI=1S/C20H32FNO/c1-14(2)11-12-20(15(3)4,16(5)6)13-22-19(23)17-7-9-18(21)10-8-17/h7-10,14-16H,11-13H2,1-6H3,(H,22,23). The van der Waals surface area contributed by atoms with Crippen molar-refractivity contribution in [3.05, 3.63) is 35.6 Å². The van der Waals surface area contributed by atoms with E-state index in [2.05, 4.69) is 46.9 Å². The lowest BCUT2D eigenvalue weighted by molar-refractivity contribution is 0.0737. The van der Waals surface area contributed by atoms with Gasteiger partial charge in [0.15, 0.2) is 0 Å². The van der Waals surface area contributed by atoms with E-state index in [0.29, 0.717) is 29.9 Å². The van der Waals surface area contributed by atoms with Gasteiger partial charge in [0.05, 0.1) is 0 Å². The summed E-state index contributed by atoms with van der Waals surface area (Å²) in [5, 5.41) is 3.08. The molecule has 23 heavy (non-hydrogen) atoms. The van der Waals surface area contributed by atoms with Crippen molar-refractivity contribution in [2.75, 3.05) is 6.54 Å². The van der Waals surface area contributed by atoms with Crippen molar-refractivity contribution in [2.24, 2.45) is 23.2 Å². The number of hydrogen-bond donors (Lipinski definition) is 1. The average Bonchev–Trinajstić information content (AvgIpc) is 2.47. The van der Waals surface area contributed by atoms with E-state index >= 15 is 0 Å². The zero-order chi connectivity index (χ0) is 17.6. The summed E-state index contributed by atoms with van der Waals surface area (Å²) in [6.45, 7) is 14.1. The van der Waals surface area contributed by atoms with Crippen LogP contribution in [0, 0.1) is 29.0 Å². The molecule has 0 bridgehead atoms. The first kappa shape index (κ1) is 19.7. The molecule has 1 amide bonds. The van der Waals surface area contributed by atoms with Crippen LogP contribution in [0.2, 0.25) is 0 Å². The Bertz CT molecular complexity index is 483. The fourth-order valence-electron chi connectivity index (χ4n) is 3.25. The minimum absolute atomic E-state index is 0.0833. The van der Waals surface area contributed by atoms with Gasteiger partial charge in [-0.1, -0.05) is 48.0 Å². The van der Waals surface area contributed by atoms with Gasteiger partial charge in [-0.25, -0.2) is 4.39 Å². The highest BCUT2D eigenvalue weighted by Crippen LogP contribution is 2.40. The fraction of sp³-hybridized carbons (Fsp3) is 0.650. The van der Waals surface area contributed by atoms with Crippen molar-refractivity contribution < 1.29 is 9.18 Å². The minimum Gasteiger partial charge on any atom is -0.351 e. The molecule has 0 aromatic heterocycles. The lowest BCUT2D eigenvalue weighted by atomic mass is 9.65. The second-order valence-electron chi connectivity index (χ2n) is 7.66. The normalized spacial score (nSPS) is 12.3. The summed E-state index contributed by atoms with van der Waals surface area (Å²) >= 11 is 0. The summed E-state index contributed by atoms with van der Waals surface area (Å²) in [4.78, 5) is 12.4. The van der Waals surface area contributed by atoms with Gasteiger partial charge in [0, 0.05) is 12.1 Å². The summed E-state index contributed by atoms with van der Waals surface area (Å²) in [6.07, 6.45) is 2.26. The Morgan fingerprint density at radius 1 is 1.04 bits per heavy atom. The third kappa shape index (κ3) is 5.33. The molecule has 3 heteroatoms. The first-order valence-electron chi connectivity index (χ1n) is 8.72. The molecule has 0 saturated heterocycles. The van der Waals surface area contributed by atoms with E-state index < -0.39 is 0 Å². The van der Waals surface area contributed by atoms with Crippen LogP contribution in [-0.2, 0) is 0 Å². The number of nitrogens with one attached hydrogen (secondary N) is 1. The van der Waals surface area contributed by atoms with Crippen molar-refractivity contribution in [1.29, 1.82) is 0 Å². The number of halogens is 1. The van der Waals surface area contributed by atoms with Gasteiger partial charge in [0.2, 0.25) is 0 Å². The van der Waals surface area contributed by atoms with Gasteiger partial charge in [0.1, 0.15) is 5.82 Å². The van der Waals surface area contributed by atoms with E-state index in [9.17, 15) is 9.18 Å². The fourth-order valence-corrected chi connectivity index (χ4v) is 3.25. The molecule has 0 fully saturated rings. The van der Waals surface area contributed by atoms with E-state index in [0.717, 1.165) is 12.8 Å². The van der Waals surface area contributed by atoms with Gasteiger partial charge in [-0.2, -0.15) is 0 Å². The lowest BCUT2D eigenvalue weighted by Crippen LogP contribution is -2.44. The number of benzene rings is 1. The molecule has 0 aliphatic rings. The predicted molar refractivity (Wildman–Crippen MR) is 94.9 cm³/mol. The Kier molecular flexibility index (Phi) is 7.24. The minimum atomic E-state index is -0.322. The highest BCUT2D eigenvalue weighted by molar-refractivity contribution is 5.94. The average molecular weight is 321 g/mol. The van der Waals surface area contributed by atoms with Crippen molar-refractivity contribution in [2.45, 2.75) is 54.4 Å². The topological polar surface area (TPSA) is 29.1 Å². The number of carbonyl (C=O) groups is 1. The number of hydrogen-bond acceptors (Lipinski definition) is 1. The van der Waals surface area contributed by atoms with Gasteiger partial charge < -0.3 is 5.32 Å². The maximum atomic E-state index is 13.0. The van der Waals surface area contributed by atoms with Crippen molar-refractivity contribution >= 4 is 5.91 Å². The Balaban J connectivity index is 2.84. The Labute approximate surface area is 140 Å². The van der Waals surface area contributed by atoms with Crippen LogP contribution in [0.3, 0.4) is 0 Å². The largest absolute Gasteiger partial charge is 0.351 e. The first-order valence-corrected chi connectivity index (χ1v) is 8.72. The van der Waals surface area contributed by atoms with E-state index in [1.165, 1.54) is 24.3 Å². The third-order valence-electron chi connectivity index (χ3n) is 5.17. The molecule has 1 N–H and O–H groups in total. The summed E-state index contributed by atoms with van der Waals surface area (Å²) < 4.78 is 13.0. The van der Waals surface area contributed by atoms with Crippen LogP contribution in [0.4, 0.5) is 4.39 Å². The molecule has 1 aromatic rings. The molecule has 1 aromatic carbocycles. The predicted octanol–water partition coefficient (Wildman–Crippen LogP) is 5.29. The molecule has 130 valence electrons. The molecule has 0 unspecified atom stereocenters. The van der Waals surface area contributed by atoms with E-state index in [1.807, 2.05) is 0 Å². The highest BCUT2D eigenvalue weighted by Gasteiger charge is 2.37. The maximum Gasteiger partial charge on any atom is 0.251 e. The molecule has 0 aliphatic carbocycles. The molecule has 0 atom stereocenters. The highest BCUT2D eigenvalue weighted by atomic mass is 19.1. The van der Waals surface area contributed by atoms with Crippen LogP contribution in [-0.4, -0.2) is 12.5 Å². The Morgan fingerprint density at radius 2 is 1.57 bits per heavy atom. The Morgan fingerprint density at radius 3 is 2.00 bits per heavy atom. The van der Waals surface area contributed by atoms with Crippen LogP contribution < -0.4 is 5.32 Å². The maximum absolute atomic E-state index is 13.0. The molecular weight excluding hydrogens is 289 g/mol. The SMILES string of the molecule is CC(C)CCC(CNC(=O)c1ccc(F)cc1)(C(C)C)C(C)C. The number of rotatable bonds is 8. The van der Waals surface area contributed by atoms with E-state index in [1.54, 1.807) is 0 Å². The molecule has 0 saturated carbocycles. The van der Waals surface area contributed by atoms with Crippen molar-refractivity contribution in [3.8, 4) is 0 Å². The quantitative estimate of drug-likeness (QED) is 0.692. The van der Waals surface area contributed by atoms with Gasteiger partial charge in [0.25, 0.3) is 5.91 Å². The Hall–Kier alpha value is -1.38. The first-order chi connectivity index (χ1) is 10.7. The lowest BCUT2D eigenvalue weighted by Gasteiger charge is -2.42. The van der Waals surface area contributed by atoms with E-state index in [-0.39, 0.29) is 17.1 Å². The molecule has 0 aliphatic heterocycles.